The normalized spacial score (nSPS) is 18.3. The van der Waals surface area contributed by atoms with Gasteiger partial charge in [0, 0.05) is 12.2 Å². The van der Waals surface area contributed by atoms with Crippen LogP contribution in [-0.4, -0.2) is 19.5 Å². The molecule has 0 saturated carbocycles. The molecular formula is C15H22N2O. The van der Waals surface area contributed by atoms with Gasteiger partial charge in [-0.25, -0.2) is 0 Å². The van der Waals surface area contributed by atoms with Crippen molar-refractivity contribution in [2.24, 2.45) is 0 Å². The minimum absolute atomic E-state index is 0.0938. The Kier molecular flexibility index (Phi) is 3.44. The number of benzene rings is 1. The van der Waals surface area contributed by atoms with E-state index in [4.69, 9.17) is 0 Å². The molecule has 0 radical (unpaired) electrons. The molecule has 0 fully saturated rings. The van der Waals surface area contributed by atoms with E-state index in [1.807, 2.05) is 27.0 Å². The van der Waals surface area contributed by atoms with Crippen LogP contribution in [0.25, 0.3) is 0 Å². The maximum Gasteiger partial charge on any atom is 0.234 e. The van der Waals surface area contributed by atoms with Gasteiger partial charge < -0.3 is 10.6 Å². The third kappa shape index (κ3) is 2.03. The maximum absolute atomic E-state index is 11.9. The summed E-state index contributed by atoms with van der Waals surface area (Å²) < 4.78 is 0. The topological polar surface area (TPSA) is 41.1 Å². The summed E-state index contributed by atoms with van der Waals surface area (Å²) in [6.07, 6.45) is 1.10. The van der Waals surface area contributed by atoms with Crippen LogP contribution in [0.3, 0.4) is 0 Å². The number of anilines is 1. The summed E-state index contributed by atoms with van der Waals surface area (Å²) >= 11 is 0. The van der Waals surface area contributed by atoms with Gasteiger partial charge in [0.05, 0.1) is 5.41 Å². The van der Waals surface area contributed by atoms with Crippen LogP contribution in [-0.2, 0) is 10.2 Å². The second kappa shape index (κ2) is 4.73. The molecule has 0 spiro atoms. The fourth-order valence-electron chi connectivity index (χ4n) is 2.59. The quantitative estimate of drug-likeness (QED) is 0.857. The lowest BCUT2D eigenvalue weighted by Gasteiger charge is -2.19. The molecule has 0 bridgehead atoms. The van der Waals surface area contributed by atoms with Gasteiger partial charge in [0.15, 0.2) is 0 Å². The van der Waals surface area contributed by atoms with Gasteiger partial charge in [-0.3, -0.25) is 4.79 Å². The predicted octanol–water partition coefficient (Wildman–Crippen LogP) is 2.63. The largest absolute Gasteiger partial charge is 0.325 e. The van der Waals surface area contributed by atoms with Gasteiger partial charge in [0.25, 0.3) is 0 Å². The van der Waals surface area contributed by atoms with Crippen molar-refractivity contribution >= 4 is 11.6 Å². The SMILES string of the molecule is CCC(CNC)c1ccc2c(c1)C(C)(C)C(=O)N2. The van der Waals surface area contributed by atoms with Crippen LogP contribution in [0.4, 0.5) is 5.69 Å². The summed E-state index contributed by atoms with van der Waals surface area (Å²) in [6.45, 7) is 7.13. The first-order chi connectivity index (χ1) is 8.50. The fourth-order valence-corrected chi connectivity index (χ4v) is 2.59. The molecule has 3 nitrogen and oxygen atoms in total. The lowest BCUT2D eigenvalue weighted by Crippen LogP contribution is -2.27. The standard InChI is InChI=1S/C15H22N2O/c1-5-10(9-16-4)11-6-7-13-12(8-11)15(2,3)14(18)17-13/h6-8,10,16H,5,9H2,1-4H3,(H,17,18). The molecule has 98 valence electrons. The number of rotatable bonds is 4. The number of hydrogen-bond acceptors (Lipinski definition) is 2. The molecule has 1 unspecified atom stereocenters. The zero-order valence-electron chi connectivity index (χ0n) is 11.6. The third-order valence-electron chi connectivity index (χ3n) is 3.95. The first-order valence-corrected chi connectivity index (χ1v) is 6.61. The smallest absolute Gasteiger partial charge is 0.234 e. The molecule has 1 aromatic carbocycles. The number of hydrogen-bond donors (Lipinski definition) is 2. The van der Waals surface area contributed by atoms with Crippen molar-refractivity contribution in [3.8, 4) is 0 Å². The molecule has 18 heavy (non-hydrogen) atoms. The zero-order valence-corrected chi connectivity index (χ0v) is 11.6. The molecule has 2 N–H and O–H groups in total. The lowest BCUT2D eigenvalue weighted by atomic mass is 9.83. The van der Waals surface area contributed by atoms with E-state index in [0.717, 1.165) is 24.2 Å². The first-order valence-electron chi connectivity index (χ1n) is 6.61. The fraction of sp³-hybridized carbons (Fsp3) is 0.533. The monoisotopic (exact) mass is 246 g/mol. The van der Waals surface area contributed by atoms with Gasteiger partial charge in [-0.1, -0.05) is 19.1 Å². The number of carbonyl (C=O) groups excluding carboxylic acids is 1. The summed E-state index contributed by atoms with van der Waals surface area (Å²) in [5, 5.41) is 6.18. The van der Waals surface area contributed by atoms with Crippen LogP contribution in [0.15, 0.2) is 18.2 Å². The van der Waals surface area contributed by atoms with E-state index in [1.54, 1.807) is 0 Å². The Balaban J connectivity index is 2.39. The van der Waals surface area contributed by atoms with E-state index in [0.29, 0.717) is 5.92 Å². The minimum Gasteiger partial charge on any atom is -0.325 e. The van der Waals surface area contributed by atoms with E-state index >= 15 is 0 Å². The number of amides is 1. The van der Waals surface area contributed by atoms with Crippen molar-refractivity contribution in [1.82, 2.24) is 5.32 Å². The number of carbonyl (C=O) groups is 1. The van der Waals surface area contributed by atoms with Crippen LogP contribution >= 0.6 is 0 Å². The highest BCUT2D eigenvalue weighted by Gasteiger charge is 2.38. The summed E-state index contributed by atoms with van der Waals surface area (Å²) in [4.78, 5) is 11.9. The predicted molar refractivity (Wildman–Crippen MR) is 75.1 cm³/mol. The van der Waals surface area contributed by atoms with Gasteiger partial charge >= 0.3 is 0 Å². The van der Waals surface area contributed by atoms with Crippen molar-refractivity contribution < 1.29 is 4.79 Å². The molecule has 1 amide bonds. The average molecular weight is 246 g/mol. The Morgan fingerprint density at radius 2 is 2.11 bits per heavy atom. The summed E-state index contributed by atoms with van der Waals surface area (Å²) in [6, 6.07) is 6.36. The summed E-state index contributed by atoms with van der Waals surface area (Å²) in [5.41, 5.74) is 2.99. The summed E-state index contributed by atoms with van der Waals surface area (Å²) in [7, 11) is 1.98. The molecule has 1 atom stereocenters. The van der Waals surface area contributed by atoms with Crippen molar-refractivity contribution in [3.05, 3.63) is 29.3 Å². The van der Waals surface area contributed by atoms with E-state index in [2.05, 4.69) is 29.7 Å². The highest BCUT2D eigenvalue weighted by atomic mass is 16.2. The van der Waals surface area contributed by atoms with Crippen LogP contribution in [0.2, 0.25) is 0 Å². The summed E-state index contributed by atoms with van der Waals surface area (Å²) in [5.74, 6) is 0.600. The van der Waals surface area contributed by atoms with Crippen molar-refractivity contribution in [2.45, 2.75) is 38.5 Å². The Morgan fingerprint density at radius 3 is 2.72 bits per heavy atom. The molecule has 1 aliphatic heterocycles. The van der Waals surface area contributed by atoms with Gasteiger partial charge in [0.2, 0.25) is 5.91 Å². The first kappa shape index (κ1) is 13.1. The highest BCUT2D eigenvalue weighted by molar-refractivity contribution is 6.05. The number of likely N-dealkylation sites (N-methyl/N-ethyl adjacent to an activating group) is 1. The van der Waals surface area contributed by atoms with Gasteiger partial charge in [-0.15, -0.1) is 0 Å². The van der Waals surface area contributed by atoms with Crippen molar-refractivity contribution in [1.29, 1.82) is 0 Å². The molecule has 0 aromatic heterocycles. The molecular weight excluding hydrogens is 224 g/mol. The van der Waals surface area contributed by atoms with Gasteiger partial charge in [-0.2, -0.15) is 0 Å². The maximum atomic E-state index is 11.9. The number of fused-ring (bicyclic) bond motifs is 1. The molecule has 2 rings (SSSR count). The van der Waals surface area contributed by atoms with Gasteiger partial charge in [-0.05, 0) is 50.4 Å². The molecule has 1 aliphatic rings. The van der Waals surface area contributed by atoms with Crippen molar-refractivity contribution in [2.75, 3.05) is 18.9 Å². The zero-order chi connectivity index (χ0) is 13.3. The van der Waals surface area contributed by atoms with Crippen molar-refractivity contribution in [3.63, 3.8) is 0 Å². The van der Waals surface area contributed by atoms with Crippen LogP contribution < -0.4 is 10.6 Å². The van der Waals surface area contributed by atoms with E-state index in [9.17, 15) is 4.79 Å². The molecule has 1 heterocycles. The van der Waals surface area contributed by atoms with Crippen LogP contribution in [0.5, 0.6) is 0 Å². The Bertz CT molecular complexity index is 466. The Morgan fingerprint density at radius 1 is 1.39 bits per heavy atom. The number of nitrogens with one attached hydrogen (secondary N) is 2. The van der Waals surface area contributed by atoms with Crippen LogP contribution in [0.1, 0.15) is 44.2 Å². The van der Waals surface area contributed by atoms with Crippen LogP contribution in [0, 0.1) is 0 Å². The highest BCUT2D eigenvalue weighted by Crippen LogP contribution is 2.39. The second-order valence-electron chi connectivity index (χ2n) is 5.55. The minimum atomic E-state index is -0.413. The molecule has 3 heteroatoms. The van der Waals surface area contributed by atoms with Gasteiger partial charge in [0.1, 0.15) is 0 Å². The van der Waals surface area contributed by atoms with E-state index in [-0.39, 0.29) is 5.91 Å². The van der Waals surface area contributed by atoms with E-state index < -0.39 is 5.41 Å². The Hall–Kier alpha value is -1.35. The third-order valence-corrected chi connectivity index (χ3v) is 3.95. The molecule has 0 saturated heterocycles. The Labute approximate surface area is 109 Å². The second-order valence-corrected chi connectivity index (χ2v) is 5.55. The average Bonchev–Trinajstić information content (AvgIpc) is 2.57. The van der Waals surface area contributed by atoms with E-state index in [1.165, 1.54) is 5.56 Å². The lowest BCUT2D eigenvalue weighted by molar-refractivity contribution is -0.119. The molecule has 0 aliphatic carbocycles. The molecule has 1 aromatic rings.